The molecule has 0 saturated heterocycles. The maximum Gasteiger partial charge on any atom is 0.329 e. The Morgan fingerprint density at radius 2 is 2.14 bits per heavy atom. The van der Waals surface area contributed by atoms with Crippen molar-refractivity contribution in [3.05, 3.63) is 23.7 Å². The third-order valence-electron chi connectivity index (χ3n) is 2.38. The third kappa shape index (κ3) is 7.26. The van der Waals surface area contributed by atoms with E-state index in [0.717, 1.165) is 5.76 Å². The minimum atomic E-state index is -0.820. The summed E-state index contributed by atoms with van der Waals surface area (Å²) in [5.41, 5.74) is 2.13. The first-order valence-electron chi connectivity index (χ1n) is 6.78. The number of carbonyl (C=O) groups is 2. The predicted octanol–water partition coefficient (Wildman–Crippen LogP) is 0.969. The summed E-state index contributed by atoms with van der Waals surface area (Å²) in [6.45, 7) is 6.58. The number of amides is 2. The van der Waals surface area contributed by atoms with E-state index in [1.807, 2.05) is 13.8 Å². The van der Waals surface area contributed by atoms with Gasteiger partial charge in [0.15, 0.2) is 0 Å². The van der Waals surface area contributed by atoms with Crippen LogP contribution in [-0.2, 0) is 14.3 Å². The number of hydrogen-bond donors (Lipinski definition) is 2. The van der Waals surface area contributed by atoms with Crippen molar-refractivity contribution in [3.63, 3.8) is 0 Å². The molecule has 0 aliphatic rings. The Labute approximate surface area is 123 Å². The molecule has 0 unspecified atom stereocenters. The van der Waals surface area contributed by atoms with Gasteiger partial charge in [0.25, 0.3) is 0 Å². The minimum Gasteiger partial charge on any atom is -0.460 e. The molecule has 0 aliphatic carbocycles. The molecule has 0 atom stereocenters. The van der Waals surface area contributed by atoms with E-state index in [1.165, 1.54) is 6.21 Å². The van der Waals surface area contributed by atoms with Gasteiger partial charge >= 0.3 is 11.8 Å². The summed E-state index contributed by atoms with van der Waals surface area (Å²) in [7, 11) is 0. The number of nitrogens with one attached hydrogen (secondary N) is 2. The lowest BCUT2D eigenvalue weighted by molar-refractivity contribution is -0.139. The van der Waals surface area contributed by atoms with Crippen molar-refractivity contribution in [2.24, 2.45) is 5.10 Å². The van der Waals surface area contributed by atoms with Gasteiger partial charge in [0.1, 0.15) is 11.5 Å². The van der Waals surface area contributed by atoms with Crippen LogP contribution in [0.15, 0.2) is 21.7 Å². The van der Waals surface area contributed by atoms with Gasteiger partial charge in [0.2, 0.25) is 0 Å². The first kappa shape index (κ1) is 16.9. The van der Waals surface area contributed by atoms with Crippen molar-refractivity contribution in [2.75, 3.05) is 13.2 Å². The summed E-state index contributed by atoms with van der Waals surface area (Å²) in [4.78, 5) is 22.8. The van der Waals surface area contributed by atoms with E-state index >= 15 is 0 Å². The molecular weight excluding hydrogens is 274 g/mol. The van der Waals surface area contributed by atoms with Crippen LogP contribution in [0.4, 0.5) is 0 Å². The highest BCUT2D eigenvalue weighted by Crippen LogP contribution is 2.02. The number of hydrogen-bond acceptors (Lipinski definition) is 5. The number of hydrazone groups is 1. The lowest BCUT2D eigenvalue weighted by atomic mass is 10.4. The molecule has 1 heterocycles. The van der Waals surface area contributed by atoms with Gasteiger partial charge in [-0.2, -0.15) is 5.10 Å². The van der Waals surface area contributed by atoms with Crippen LogP contribution in [0.5, 0.6) is 0 Å². The fourth-order valence-corrected chi connectivity index (χ4v) is 1.40. The topological polar surface area (TPSA) is 92.9 Å². The number of aryl methyl sites for hydroxylation is 1. The van der Waals surface area contributed by atoms with E-state index in [2.05, 4.69) is 15.8 Å². The van der Waals surface area contributed by atoms with Crippen LogP contribution < -0.4 is 10.7 Å². The summed E-state index contributed by atoms with van der Waals surface area (Å²) in [5, 5.41) is 6.12. The normalized spacial score (nSPS) is 11.0. The summed E-state index contributed by atoms with van der Waals surface area (Å²) in [6, 6.07) is 3.48. The van der Waals surface area contributed by atoms with Crippen LogP contribution >= 0.6 is 0 Å². The summed E-state index contributed by atoms with van der Waals surface area (Å²) >= 11 is 0. The third-order valence-corrected chi connectivity index (χ3v) is 2.38. The van der Waals surface area contributed by atoms with Crippen molar-refractivity contribution in [2.45, 2.75) is 33.3 Å². The average Bonchev–Trinajstić information content (AvgIpc) is 2.83. The Morgan fingerprint density at radius 1 is 1.38 bits per heavy atom. The molecule has 2 amide bonds. The van der Waals surface area contributed by atoms with E-state index in [4.69, 9.17) is 9.15 Å². The maximum absolute atomic E-state index is 11.4. The zero-order valence-corrected chi connectivity index (χ0v) is 12.5. The molecule has 0 aromatic carbocycles. The molecule has 2 N–H and O–H groups in total. The van der Waals surface area contributed by atoms with E-state index in [-0.39, 0.29) is 6.10 Å². The molecule has 21 heavy (non-hydrogen) atoms. The molecule has 0 bridgehead atoms. The first-order chi connectivity index (χ1) is 9.99. The van der Waals surface area contributed by atoms with E-state index in [1.54, 1.807) is 19.1 Å². The van der Waals surface area contributed by atoms with Gasteiger partial charge in [0, 0.05) is 13.2 Å². The second-order valence-corrected chi connectivity index (χ2v) is 4.68. The highest BCUT2D eigenvalue weighted by atomic mass is 16.5. The standard InChI is InChI=1S/C14H21N3O4/c1-10(2)20-8-4-7-15-13(18)14(19)17-16-9-12-6-5-11(3)21-12/h5-6,9-10H,4,7-8H2,1-3H3,(H,15,18)(H,17,19)/b16-9-. The molecular formula is C14H21N3O4. The van der Waals surface area contributed by atoms with Gasteiger partial charge in [0.05, 0.1) is 12.3 Å². The van der Waals surface area contributed by atoms with Crippen molar-refractivity contribution in [1.29, 1.82) is 0 Å². The van der Waals surface area contributed by atoms with Crippen molar-refractivity contribution >= 4 is 18.0 Å². The average molecular weight is 295 g/mol. The predicted molar refractivity (Wildman–Crippen MR) is 77.9 cm³/mol. The van der Waals surface area contributed by atoms with E-state index in [9.17, 15) is 9.59 Å². The summed E-state index contributed by atoms with van der Waals surface area (Å²) < 4.78 is 10.5. The van der Waals surface area contributed by atoms with Crippen LogP contribution in [0.25, 0.3) is 0 Å². The number of rotatable bonds is 7. The van der Waals surface area contributed by atoms with Gasteiger partial charge in [-0.25, -0.2) is 5.43 Å². The molecule has 1 aromatic heterocycles. The lowest BCUT2D eigenvalue weighted by Gasteiger charge is -2.07. The molecule has 7 heteroatoms. The Morgan fingerprint density at radius 3 is 2.76 bits per heavy atom. The first-order valence-corrected chi connectivity index (χ1v) is 6.78. The van der Waals surface area contributed by atoms with Gasteiger partial charge in [-0.05, 0) is 39.3 Å². The quantitative estimate of drug-likeness (QED) is 0.339. The minimum absolute atomic E-state index is 0.156. The van der Waals surface area contributed by atoms with Crippen molar-refractivity contribution in [3.8, 4) is 0 Å². The smallest absolute Gasteiger partial charge is 0.329 e. The molecule has 0 spiro atoms. The van der Waals surface area contributed by atoms with Crippen molar-refractivity contribution in [1.82, 2.24) is 10.7 Å². The molecule has 0 saturated carbocycles. The Balaban J connectivity index is 2.19. The van der Waals surface area contributed by atoms with Crippen LogP contribution in [0, 0.1) is 6.92 Å². The number of ether oxygens (including phenoxy) is 1. The molecule has 7 nitrogen and oxygen atoms in total. The van der Waals surface area contributed by atoms with Gasteiger partial charge < -0.3 is 14.5 Å². The maximum atomic E-state index is 11.4. The largest absolute Gasteiger partial charge is 0.460 e. The fraction of sp³-hybridized carbons (Fsp3) is 0.500. The highest BCUT2D eigenvalue weighted by Gasteiger charge is 2.11. The Hall–Kier alpha value is -2.15. The Bertz CT molecular complexity index is 494. The molecule has 1 rings (SSSR count). The molecule has 1 aromatic rings. The van der Waals surface area contributed by atoms with Crippen LogP contribution in [-0.4, -0.2) is 37.3 Å². The highest BCUT2D eigenvalue weighted by molar-refractivity contribution is 6.35. The molecule has 0 radical (unpaired) electrons. The van der Waals surface area contributed by atoms with Gasteiger partial charge in [-0.1, -0.05) is 0 Å². The second kappa shape index (κ2) is 8.91. The Kier molecular flexibility index (Phi) is 7.17. The monoisotopic (exact) mass is 295 g/mol. The SMILES string of the molecule is Cc1ccc(/C=N\NC(=O)C(=O)NCCCOC(C)C)o1. The van der Waals surface area contributed by atoms with Crippen LogP contribution in [0.1, 0.15) is 31.8 Å². The van der Waals surface area contributed by atoms with E-state index in [0.29, 0.717) is 25.3 Å². The molecule has 0 fully saturated rings. The van der Waals surface area contributed by atoms with Crippen LogP contribution in [0.3, 0.4) is 0 Å². The summed E-state index contributed by atoms with van der Waals surface area (Å²) in [5.74, 6) is -0.310. The fourth-order valence-electron chi connectivity index (χ4n) is 1.40. The number of carbonyl (C=O) groups excluding carboxylic acids is 2. The van der Waals surface area contributed by atoms with E-state index < -0.39 is 11.8 Å². The second-order valence-electron chi connectivity index (χ2n) is 4.68. The number of furan rings is 1. The summed E-state index contributed by atoms with van der Waals surface area (Å²) in [6.07, 6.45) is 2.13. The molecule has 0 aliphatic heterocycles. The lowest BCUT2D eigenvalue weighted by Crippen LogP contribution is -2.38. The van der Waals surface area contributed by atoms with Crippen LogP contribution in [0.2, 0.25) is 0 Å². The number of nitrogens with zero attached hydrogens (tertiary/aromatic N) is 1. The zero-order chi connectivity index (χ0) is 15.7. The van der Waals surface area contributed by atoms with Crippen molar-refractivity contribution < 1.29 is 18.7 Å². The molecule has 116 valence electrons. The zero-order valence-electron chi connectivity index (χ0n) is 12.5. The van der Waals surface area contributed by atoms with Gasteiger partial charge in [-0.3, -0.25) is 9.59 Å². The van der Waals surface area contributed by atoms with Gasteiger partial charge in [-0.15, -0.1) is 0 Å².